The lowest BCUT2D eigenvalue weighted by Gasteiger charge is -2.27. The maximum Gasteiger partial charge on any atom is 0.268 e. The van der Waals surface area contributed by atoms with Crippen LogP contribution in [0.3, 0.4) is 0 Å². The molecular weight excluding hydrogens is 517 g/mol. The number of nitrogens with zero attached hydrogens (tertiary/aromatic N) is 4. The van der Waals surface area contributed by atoms with Gasteiger partial charge in [0.1, 0.15) is 23.4 Å². The molecule has 0 bridgehead atoms. The van der Waals surface area contributed by atoms with Crippen molar-refractivity contribution in [2.24, 2.45) is 0 Å². The normalized spacial score (nSPS) is 16.3. The van der Waals surface area contributed by atoms with Gasteiger partial charge in [0.2, 0.25) is 5.91 Å². The van der Waals surface area contributed by atoms with E-state index in [1.807, 2.05) is 0 Å². The van der Waals surface area contributed by atoms with Crippen molar-refractivity contribution in [1.29, 1.82) is 0 Å². The zero-order valence-corrected chi connectivity index (χ0v) is 22.4. The van der Waals surface area contributed by atoms with E-state index >= 15 is 0 Å². The minimum atomic E-state index is -0.750. The van der Waals surface area contributed by atoms with Gasteiger partial charge in [-0.15, -0.1) is 0 Å². The SMILES string of the molecule is O=C(NCCN1CCOCC1)c1c(O)c2ncc(Cc3ccc(F)cc3)cc2n(CC(=O)N2CCCCC2)c1=O. The third kappa shape index (κ3) is 6.31. The van der Waals surface area contributed by atoms with Crippen molar-refractivity contribution in [3.05, 3.63) is 69.4 Å². The molecule has 0 spiro atoms. The largest absolute Gasteiger partial charge is 0.505 e. The van der Waals surface area contributed by atoms with Gasteiger partial charge < -0.3 is 20.1 Å². The molecule has 0 atom stereocenters. The average Bonchev–Trinajstić information content (AvgIpc) is 2.97. The molecule has 2 saturated heterocycles. The minimum Gasteiger partial charge on any atom is -0.505 e. The fourth-order valence-electron chi connectivity index (χ4n) is 5.26. The number of halogens is 1. The van der Waals surface area contributed by atoms with Crippen LogP contribution >= 0.6 is 0 Å². The number of carbonyl (C=O) groups is 2. The smallest absolute Gasteiger partial charge is 0.268 e. The maximum absolute atomic E-state index is 13.7. The van der Waals surface area contributed by atoms with Gasteiger partial charge in [-0.3, -0.25) is 28.8 Å². The Balaban J connectivity index is 1.47. The molecule has 0 radical (unpaired) electrons. The number of nitrogens with one attached hydrogen (secondary N) is 1. The highest BCUT2D eigenvalue weighted by Gasteiger charge is 2.26. The van der Waals surface area contributed by atoms with E-state index in [0.717, 1.165) is 37.9 Å². The Bertz CT molecular complexity index is 1430. The summed E-state index contributed by atoms with van der Waals surface area (Å²) in [6.45, 7) is 4.60. The van der Waals surface area contributed by atoms with Crippen LogP contribution < -0.4 is 10.9 Å². The lowest BCUT2D eigenvalue weighted by atomic mass is 10.1. The first-order valence-corrected chi connectivity index (χ1v) is 13.8. The number of benzene rings is 1. The Labute approximate surface area is 231 Å². The quantitative estimate of drug-likeness (QED) is 0.439. The average molecular weight is 552 g/mol. The van der Waals surface area contributed by atoms with E-state index in [9.17, 15) is 23.9 Å². The number of hydrogen-bond acceptors (Lipinski definition) is 7. The Morgan fingerprint density at radius 3 is 2.48 bits per heavy atom. The first-order valence-electron chi connectivity index (χ1n) is 13.8. The molecular formula is C29H34FN5O5. The number of piperidine rings is 1. The van der Waals surface area contributed by atoms with Crippen molar-refractivity contribution in [2.75, 3.05) is 52.5 Å². The van der Waals surface area contributed by atoms with Crippen LogP contribution in [0.4, 0.5) is 4.39 Å². The van der Waals surface area contributed by atoms with Crippen LogP contribution in [0.5, 0.6) is 5.75 Å². The molecule has 11 heteroatoms. The second kappa shape index (κ2) is 12.6. The first kappa shape index (κ1) is 27.7. The number of aromatic nitrogens is 2. The van der Waals surface area contributed by atoms with Crippen molar-refractivity contribution in [1.82, 2.24) is 24.7 Å². The van der Waals surface area contributed by atoms with E-state index in [1.54, 1.807) is 29.3 Å². The van der Waals surface area contributed by atoms with E-state index in [-0.39, 0.29) is 35.8 Å². The number of rotatable bonds is 8. The van der Waals surface area contributed by atoms with Gasteiger partial charge >= 0.3 is 0 Å². The second-order valence-corrected chi connectivity index (χ2v) is 10.3. The molecule has 1 aromatic carbocycles. The Morgan fingerprint density at radius 1 is 1.02 bits per heavy atom. The summed E-state index contributed by atoms with van der Waals surface area (Å²) in [6.07, 6.45) is 4.81. The molecule has 2 fully saturated rings. The summed E-state index contributed by atoms with van der Waals surface area (Å²) in [6, 6.07) is 7.75. The van der Waals surface area contributed by atoms with Crippen LogP contribution in [0.25, 0.3) is 11.0 Å². The fourth-order valence-corrected chi connectivity index (χ4v) is 5.26. The number of pyridine rings is 2. The molecule has 0 aliphatic carbocycles. The van der Waals surface area contributed by atoms with Gasteiger partial charge in [-0.25, -0.2) is 4.39 Å². The van der Waals surface area contributed by atoms with E-state index in [4.69, 9.17) is 4.74 Å². The number of carbonyl (C=O) groups excluding carboxylic acids is 2. The van der Waals surface area contributed by atoms with Crippen molar-refractivity contribution in [2.45, 2.75) is 32.2 Å². The zero-order valence-electron chi connectivity index (χ0n) is 22.4. The van der Waals surface area contributed by atoms with Gasteiger partial charge in [0.05, 0.1) is 18.7 Å². The molecule has 2 aliphatic heterocycles. The van der Waals surface area contributed by atoms with Crippen LogP contribution in [0.1, 0.15) is 40.7 Å². The van der Waals surface area contributed by atoms with Gasteiger partial charge in [0, 0.05) is 45.5 Å². The lowest BCUT2D eigenvalue weighted by Crippen LogP contribution is -2.43. The number of likely N-dealkylation sites (tertiary alicyclic amines) is 1. The number of ether oxygens (including phenoxy) is 1. The van der Waals surface area contributed by atoms with Crippen LogP contribution in [-0.2, 0) is 22.5 Å². The molecule has 40 heavy (non-hydrogen) atoms. The van der Waals surface area contributed by atoms with Crippen molar-refractivity contribution >= 4 is 22.8 Å². The summed E-state index contributed by atoms with van der Waals surface area (Å²) in [5.41, 5.74) is 0.686. The highest BCUT2D eigenvalue weighted by molar-refractivity contribution is 6.01. The third-order valence-electron chi connectivity index (χ3n) is 7.50. The predicted molar refractivity (Wildman–Crippen MR) is 147 cm³/mol. The molecule has 2 amide bonds. The Kier molecular flexibility index (Phi) is 8.71. The molecule has 10 nitrogen and oxygen atoms in total. The number of aromatic hydroxyl groups is 1. The molecule has 2 aliphatic rings. The zero-order chi connectivity index (χ0) is 28.1. The van der Waals surface area contributed by atoms with Gasteiger partial charge in [0.15, 0.2) is 5.75 Å². The predicted octanol–water partition coefficient (Wildman–Crippen LogP) is 1.91. The lowest BCUT2D eigenvalue weighted by molar-refractivity contribution is -0.132. The molecule has 0 unspecified atom stereocenters. The summed E-state index contributed by atoms with van der Waals surface area (Å²) in [5.74, 6) is -1.80. The van der Waals surface area contributed by atoms with E-state index in [1.165, 1.54) is 16.7 Å². The van der Waals surface area contributed by atoms with E-state index in [2.05, 4.69) is 15.2 Å². The van der Waals surface area contributed by atoms with Crippen molar-refractivity contribution < 1.29 is 23.8 Å². The number of amides is 2. The highest BCUT2D eigenvalue weighted by Crippen LogP contribution is 2.26. The molecule has 5 rings (SSSR count). The molecule has 2 N–H and O–H groups in total. The molecule has 2 aromatic heterocycles. The maximum atomic E-state index is 13.7. The fraction of sp³-hybridized carbons (Fsp3) is 0.448. The summed E-state index contributed by atoms with van der Waals surface area (Å²) in [5, 5.41) is 13.8. The number of morpholine rings is 1. The topological polar surface area (TPSA) is 117 Å². The Hall–Kier alpha value is -3.83. The highest BCUT2D eigenvalue weighted by atomic mass is 19.1. The minimum absolute atomic E-state index is 0.0622. The van der Waals surface area contributed by atoms with Gasteiger partial charge in [-0.2, -0.15) is 0 Å². The second-order valence-electron chi connectivity index (χ2n) is 10.3. The van der Waals surface area contributed by atoms with Crippen molar-refractivity contribution in [3.63, 3.8) is 0 Å². The number of hydrogen-bond donors (Lipinski definition) is 2. The molecule has 3 aromatic rings. The van der Waals surface area contributed by atoms with Crippen LogP contribution in [-0.4, -0.2) is 88.8 Å². The van der Waals surface area contributed by atoms with Gasteiger partial charge in [-0.1, -0.05) is 12.1 Å². The Morgan fingerprint density at radius 2 is 1.75 bits per heavy atom. The first-order chi connectivity index (χ1) is 19.4. The summed E-state index contributed by atoms with van der Waals surface area (Å²) in [4.78, 5) is 48.4. The van der Waals surface area contributed by atoms with Crippen LogP contribution in [0.2, 0.25) is 0 Å². The van der Waals surface area contributed by atoms with Gasteiger partial charge in [0.25, 0.3) is 11.5 Å². The van der Waals surface area contributed by atoms with Crippen molar-refractivity contribution in [3.8, 4) is 5.75 Å². The van der Waals surface area contributed by atoms with Gasteiger partial charge in [-0.05, 0) is 55.0 Å². The van der Waals surface area contributed by atoms with Crippen LogP contribution in [0, 0.1) is 5.82 Å². The number of fused-ring (bicyclic) bond motifs is 1. The molecule has 4 heterocycles. The summed E-state index contributed by atoms with van der Waals surface area (Å²) >= 11 is 0. The van der Waals surface area contributed by atoms with Crippen LogP contribution in [0.15, 0.2) is 41.3 Å². The van der Waals surface area contributed by atoms with E-state index < -0.39 is 22.8 Å². The summed E-state index contributed by atoms with van der Waals surface area (Å²) < 4.78 is 20.0. The third-order valence-corrected chi connectivity index (χ3v) is 7.50. The van der Waals surface area contributed by atoms with E-state index in [0.29, 0.717) is 44.8 Å². The molecule has 0 saturated carbocycles. The molecule has 212 valence electrons. The monoisotopic (exact) mass is 551 g/mol. The summed E-state index contributed by atoms with van der Waals surface area (Å²) in [7, 11) is 0. The standard InChI is InChI=1S/C29H34FN5O5/c30-22-6-4-20(5-7-22)16-21-17-23-26(32-18-21)27(37)25(28(38)31-8-11-33-12-14-40-15-13-33)29(39)35(23)19-24(36)34-9-2-1-3-10-34/h4-7,17-18,37H,1-3,8-16,19H2,(H,31,38).